The van der Waals surface area contributed by atoms with Crippen LogP contribution in [0.2, 0.25) is 0 Å². The molecule has 10 heavy (non-hydrogen) atoms. The predicted molar refractivity (Wildman–Crippen MR) is 38.5 cm³/mol. The third kappa shape index (κ3) is 1.53. The lowest BCUT2D eigenvalue weighted by molar-refractivity contribution is -0.108. The van der Waals surface area contributed by atoms with Crippen LogP contribution in [0.4, 0.5) is 0 Å². The molecular formula is C6H13N3O. The molecule has 1 aliphatic rings. The van der Waals surface area contributed by atoms with Crippen molar-refractivity contribution in [3.8, 4) is 0 Å². The highest BCUT2D eigenvalue weighted by Gasteiger charge is 2.25. The van der Waals surface area contributed by atoms with E-state index in [1.165, 1.54) is 0 Å². The number of nitrogens with two attached hydrogens (primary N) is 2. The van der Waals surface area contributed by atoms with Crippen molar-refractivity contribution in [2.24, 2.45) is 11.5 Å². The maximum absolute atomic E-state index is 10.1. The second-order valence-corrected chi connectivity index (χ2v) is 2.71. The summed E-state index contributed by atoms with van der Waals surface area (Å²) in [6.07, 6.45) is 0.880. The van der Waals surface area contributed by atoms with Crippen LogP contribution in [0.3, 0.4) is 0 Å². The number of aldehydes is 1. The molecule has 0 bridgehead atoms. The quantitative estimate of drug-likeness (QED) is 0.445. The van der Waals surface area contributed by atoms with Gasteiger partial charge in [0.25, 0.3) is 0 Å². The summed E-state index contributed by atoms with van der Waals surface area (Å²) < 4.78 is 0. The van der Waals surface area contributed by atoms with Gasteiger partial charge in [0.05, 0.1) is 6.54 Å². The minimum atomic E-state index is 0.0416. The third-order valence-electron chi connectivity index (χ3n) is 1.82. The summed E-state index contributed by atoms with van der Waals surface area (Å²) in [5, 5.41) is 0. The molecule has 1 fully saturated rings. The summed E-state index contributed by atoms with van der Waals surface area (Å²) in [5.41, 5.74) is 11.2. The lowest BCUT2D eigenvalue weighted by Gasteiger charge is -2.08. The third-order valence-corrected chi connectivity index (χ3v) is 1.82. The Kier molecular flexibility index (Phi) is 2.37. The van der Waals surface area contributed by atoms with Crippen molar-refractivity contribution in [1.29, 1.82) is 0 Å². The van der Waals surface area contributed by atoms with Crippen LogP contribution in [-0.4, -0.2) is 42.9 Å². The molecule has 1 heterocycles. The molecule has 0 radical (unpaired) electrons. The van der Waals surface area contributed by atoms with Crippen LogP contribution in [0.25, 0.3) is 0 Å². The van der Waals surface area contributed by atoms with Gasteiger partial charge < -0.3 is 16.3 Å². The van der Waals surface area contributed by atoms with Crippen molar-refractivity contribution in [1.82, 2.24) is 4.90 Å². The second-order valence-electron chi connectivity index (χ2n) is 2.71. The normalized spacial score (nSPS) is 34.6. The van der Waals surface area contributed by atoms with Crippen LogP contribution in [0, 0.1) is 0 Å². The second kappa shape index (κ2) is 3.09. The Bertz CT molecular complexity index is 118. The summed E-state index contributed by atoms with van der Waals surface area (Å²) in [6.45, 7) is 1.96. The molecule has 2 atom stereocenters. The zero-order chi connectivity index (χ0) is 7.56. The van der Waals surface area contributed by atoms with E-state index in [2.05, 4.69) is 0 Å². The molecule has 0 aromatic carbocycles. The zero-order valence-electron chi connectivity index (χ0n) is 5.86. The maximum Gasteiger partial charge on any atom is 0.133 e. The monoisotopic (exact) mass is 143 g/mol. The fraction of sp³-hybridized carbons (Fsp3) is 0.833. The molecule has 4 N–H and O–H groups in total. The molecule has 0 aromatic rings. The molecule has 2 unspecified atom stereocenters. The van der Waals surface area contributed by atoms with Crippen LogP contribution < -0.4 is 11.5 Å². The van der Waals surface area contributed by atoms with E-state index in [-0.39, 0.29) is 12.1 Å². The molecule has 0 amide bonds. The van der Waals surface area contributed by atoms with Gasteiger partial charge in [-0.15, -0.1) is 0 Å². The van der Waals surface area contributed by atoms with Gasteiger partial charge in [-0.1, -0.05) is 0 Å². The first-order valence-corrected chi connectivity index (χ1v) is 3.41. The number of rotatable bonds is 2. The van der Waals surface area contributed by atoms with E-state index in [9.17, 15) is 4.79 Å². The lowest BCUT2D eigenvalue weighted by Crippen LogP contribution is -2.39. The van der Waals surface area contributed by atoms with E-state index in [0.717, 1.165) is 19.4 Å². The van der Waals surface area contributed by atoms with Crippen LogP contribution in [0.1, 0.15) is 0 Å². The molecule has 58 valence electrons. The molecule has 4 heteroatoms. The van der Waals surface area contributed by atoms with Crippen molar-refractivity contribution >= 4 is 6.29 Å². The van der Waals surface area contributed by atoms with E-state index in [1.54, 1.807) is 0 Å². The van der Waals surface area contributed by atoms with Gasteiger partial charge in [0, 0.05) is 25.2 Å². The molecule has 0 aliphatic carbocycles. The van der Waals surface area contributed by atoms with Crippen molar-refractivity contribution in [2.75, 3.05) is 19.6 Å². The average Bonchev–Trinajstić information content (AvgIpc) is 2.14. The molecule has 1 saturated heterocycles. The Balaban J connectivity index is 2.33. The van der Waals surface area contributed by atoms with Gasteiger partial charge in [-0.2, -0.15) is 0 Å². The largest absolute Gasteiger partial charge is 0.325 e. The van der Waals surface area contributed by atoms with E-state index in [1.807, 2.05) is 4.90 Å². The molecule has 0 spiro atoms. The highest BCUT2D eigenvalue weighted by atomic mass is 16.1. The minimum Gasteiger partial charge on any atom is -0.325 e. The first-order chi connectivity index (χ1) is 4.74. The Labute approximate surface area is 60.2 Å². The van der Waals surface area contributed by atoms with Gasteiger partial charge in [0.15, 0.2) is 0 Å². The van der Waals surface area contributed by atoms with E-state index in [4.69, 9.17) is 11.5 Å². The minimum absolute atomic E-state index is 0.0416. The number of hydrogen-bond acceptors (Lipinski definition) is 4. The van der Waals surface area contributed by atoms with Gasteiger partial charge in [-0.05, 0) is 0 Å². The number of nitrogens with zero attached hydrogens (tertiary/aromatic N) is 1. The summed E-state index contributed by atoms with van der Waals surface area (Å²) >= 11 is 0. The van der Waals surface area contributed by atoms with Gasteiger partial charge >= 0.3 is 0 Å². The smallest absolute Gasteiger partial charge is 0.133 e. The Morgan fingerprint density at radius 2 is 1.90 bits per heavy atom. The summed E-state index contributed by atoms with van der Waals surface area (Å²) in [5.74, 6) is 0. The lowest BCUT2D eigenvalue weighted by atomic mass is 10.2. The predicted octanol–water partition coefficient (Wildman–Crippen LogP) is -1.84. The van der Waals surface area contributed by atoms with Crippen molar-refractivity contribution in [2.45, 2.75) is 12.1 Å². The van der Waals surface area contributed by atoms with E-state index < -0.39 is 0 Å². The van der Waals surface area contributed by atoms with Gasteiger partial charge in [-0.3, -0.25) is 4.90 Å². The summed E-state index contributed by atoms with van der Waals surface area (Å²) in [4.78, 5) is 12.0. The van der Waals surface area contributed by atoms with Crippen LogP contribution in [0.15, 0.2) is 0 Å². The first kappa shape index (κ1) is 7.65. The van der Waals surface area contributed by atoms with Gasteiger partial charge in [0.1, 0.15) is 6.29 Å². The standard InChI is InChI=1S/C6H13N3O/c7-5-3-9(1-2-10)4-6(5)8/h2,5-6H,1,3-4,7-8H2. The first-order valence-electron chi connectivity index (χ1n) is 3.41. The summed E-state index contributed by atoms with van der Waals surface area (Å²) in [7, 11) is 0. The van der Waals surface area contributed by atoms with Gasteiger partial charge in [0.2, 0.25) is 0 Å². The Morgan fingerprint density at radius 1 is 1.40 bits per heavy atom. The molecule has 0 aromatic heterocycles. The van der Waals surface area contributed by atoms with E-state index in [0.29, 0.717) is 6.54 Å². The van der Waals surface area contributed by atoms with Gasteiger partial charge in [-0.25, -0.2) is 0 Å². The average molecular weight is 143 g/mol. The van der Waals surface area contributed by atoms with Crippen LogP contribution in [0.5, 0.6) is 0 Å². The number of carbonyl (C=O) groups is 1. The van der Waals surface area contributed by atoms with Crippen molar-refractivity contribution < 1.29 is 4.79 Å². The fourth-order valence-electron chi connectivity index (χ4n) is 1.20. The number of hydrogen-bond donors (Lipinski definition) is 2. The van der Waals surface area contributed by atoms with Crippen LogP contribution >= 0.6 is 0 Å². The summed E-state index contributed by atoms with van der Waals surface area (Å²) in [6, 6.07) is 0.0832. The molecule has 4 nitrogen and oxygen atoms in total. The number of likely N-dealkylation sites (tertiary alicyclic amines) is 1. The Hall–Kier alpha value is -0.450. The highest BCUT2D eigenvalue weighted by molar-refractivity contribution is 5.52. The fourth-order valence-corrected chi connectivity index (χ4v) is 1.20. The van der Waals surface area contributed by atoms with E-state index >= 15 is 0 Å². The molecule has 1 aliphatic heterocycles. The van der Waals surface area contributed by atoms with Crippen molar-refractivity contribution in [3.05, 3.63) is 0 Å². The molecular weight excluding hydrogens is 130 g/mol. The number of carbonyl (C=O) groups excluding carboxylic acids is 1. The zero-order valence-corrected chi connectivity index (χ0v) is 5.86. The SMILES string of the molecule is NC1CN(CC=O)CC1N. The maximum atomic E-state index is 10.1. The van der Waals surface area contributed by atoms with Crippen LogP contribution in [-0.2, 0) is 4.79 Å². The van der Waals surface area contributed by atoms with Crippen molar-refractivity contribution in [3.63, 3.8) is 0 Å². The topological polar surface area (TPSA) is 72.3 Å². The molecule has 1 rings (SSSR count). The molecule has 0 saturated carbocycles. The highest BCUT2D eigenvalue weighted by Crippen LogP contribution is 2.03. The Morgan fingerprint density at radius 3 is 2.30 bits per heavy atom.